The summed E-state index contributed by atoms with van der Waals surface area (Å²) in [5, 5.41) is 2.45. The van der Waals surface area contributed by atoms with Gasteiger partial charge in [0, 0.05) is 5.38 Å². The zero-order valence-electron chi connectivity index (χ0n) is 12.8. The molecule has 1 heterocycles. The second-order valence-electron chi connectivity index (χ2n) is 5.06. The molecule has 3 rings (SSSR count). The molecule has 2 aromatic carbocycles. The van der Waals surface area contributed by atoms with Gasteiger partial charge in [-0.15, -0.1) is 11.3 Å². The van der Waals surface area contributed by atoms with E-state index in [0.717, 1.165) is 11.1 Å². The normalized spacial score (nSPS) is 10.4. The molecule has 3 aromatic rings. The van der Waals surface area contributed by atoms with Crippen LogP contribution in [0.25, 0.3) is 0 Å². The first kappa shape index (κ1) is 16.7. The van der Waals surface area contributed by atoms with Gasteiger partial charge in [-0.3, -0.25) is 0 Å². The summed E-state index contributed by atoms with van der Waals surface area (Å²) < 4.78 is 6.17. The van der Waals surface area contributed by atoms with Crippen LogP contribution < -0.4 is 4.90 Å². The van der Waals surface area contributed by atoms with E-state index in [1.807, 2.05) is 66.0 Å². The predicted molar refractivity (Wildman–Crippen MR) is 99.1 cm³/mol. The molecule has 0 radical (unpaired) electrons. The number of thiazole rings is 1. The van der Waals surface area contributed by atoms with Crippen molar-refractivity contribution < 1.29 is 9.53 Å². The van der Waals surface area contributed by atoms with E-state index in [0.29, 0.717) is 16.3 Å². The summed E-state index contributed by atoms with van der Waals surface area (Å²) in [7, 11) is 0. The van der Waals surface area contributed by atoms with Gasteiger partial charge in [0.25, 0.3) is 0 Å². The van der Waals surface area contributed by atoms with Gasteiger partial charge in [-0.05, 0) is 27.1 Å². The molecule has 0 fully saturated rings. The highest BCUT2D eigenvalue weighted by molar-refractivity contribution is 9.10. The number of nitrogens with zero attached hydrogens (tertiary/aromatic N) is 2. The van der Waals surface area contributed by atoms with Gasteiger partial charge in [0.05, 0.1) is 6.54 Å². The summed E-state index contributed by atoms with van der Waals surface area (Å²) in [5.41, 5.74) is 1.96. The number of carbonyl (C=O) groups excluding carboxylic acids is 1. The lowest BCUT2D eigenvalue weighted by atomic mass is 10.2. The molecule has 0 N–H and O–H groups in total. The van der Waals surface area contributed by atoms with E-state index in [1.54, 1.807) is 4.90 Å². The van der Waals surface area contributed by atoms with Crippen molar-refractivity contribution >= 4 is 38.5 Å². The summed E-state index contributed by atoms with van der Waals surface area (Å²) >= 11 is 4.73. The summed E-state index contributed by atoms with van der Waals surface area (Å²) in [4.78, 5) is 18.5. The molecule has 0 spiro atoms. The Morgan fingerprint density at radius 1 is 1.04 bits per heavy atom. The number of halogens is 1. The number of hydrogen-bond donors (Lipinski definition) is 0. The van der Waals surface area contributed by atoms with Crippen molar-refractivity contribution in [1.82, 2.24) is 4.98 Å². The van der Waals surface area contributed by atoms with Crippen LogP contribution in [0.2, 0.25) is 0 Å². The molecule has 24 heavy (non-hydrogen) atoms. The lowest BCUT2D eigenvalue weighted by Gasteiger charge is -2.19. The Morgan fingerprint density at radius 3 is 2.25 bits per heavy atom. The Hall–Kier alpha value is -2.18. The van der Waals surface area contributed by atoms with Gasteiger partial charge in [0.15, 0.2) is 5.13 Å². The molecule has 4 nitrogen and oxygen atoms in total. The van der Waals surface area contributed by atoms with E-state index < -0.39 is 6.09 Å². The molecule has 1 amide bonds. The number of aromatic nitrogens is 1. The third-order valence-corrected chi connectivity index (χ3v) is 4.88. The van der Waals surface area contributed by atoms with Crippen molar-refractivity contribution in [3.8, 4) is 0 Å². The molecule has 0 aliphatic heterocycles. The van der Waals surface area contributed by atoms with Crippen LogP contribution in [0.4, 0.5) is 9.93 Å². The average molecular weight is 403 g/mol. The Morgan fingerprint density at radius 2 is 1.67 bits per heavy atom. The third-order valence-electron chi connectivity index (χ3n) is 3.30. The minimum Gasteiger partial charge on any atom is -0.444 e. The second-order valence-corrected chi connectivity index (χ2v) is 6.71. The fourth-order valence-corrected chi connectivity index (χ4v) is 3.38. The molecule has 0 aliphatic rings. The van der Waals surface area contributed by atoms with Crippen LogP contribution in [0.3, 0.4) is 0 Å². The van der Waals surface area contributed by atoms with Crippen LogP contribution in [-0.2, 0) is 17.9 Å². The van der Waals surface area contributed by atoms with Gasteiger partial charge in [-0.1, -0.05) is 60.7 Å². The minimum atomic E-state index is -0.412. The molecule has 0 saturated carbocycles. The summed E-state index contributed by atoms with van der Waals surface area (Å²) in [5.74, 6) is 0. The lowest BCUT2D eigenvalue weighted by Crippen LogP contribution is -2.30. The maximum Gasteiger partial charge on any atom is 0.416 e. The van der Waals surface area contributed by atoms with Crippen molar-refractivity contribution in [3.63, 3.8) is 0 Å². The quantitative estimate of drug-likeness (QED) is 0.585. The Bertz CT molecular complexity index is 793. The summed E-state index contributed by atoms with van der Waals surface area (Å²) in [6.07, 6.45) is -0.412. The molecule has 0 unspecified atom stereocenters. The predicted octanol–water partition coefficient (Wildman–Crippen LogP) is 5.25. The molecule has 0 bridgehead atoms. The van der Waals surface area contributed by atoms with Crippen molar-refractivity contribution in [2.45, 2.75) is 13.2 Å². The van der Waals surface area contributed by atoms with Crippen molar-refractivity contribution in [2.75, 3.05) is 4.90 Å². The largest absolute Gasteiger partial charge is 0.444 e. The molecular weight excluding hydrogens is 388 g/mol. The van der Waals surface area contributed by atoms with Gasteiger partial charge in [-0.2, -0.15) is 0 Å². The highest BCUT2D eigenvalue weighted by atomic mass is 79.9. The maximum absolute atomic E-state index is 12.6. The molecule has 0 atom stereocenters. The van der Waals surface area contributed by atoms with Crippen LogP contribution in [0.5, 0.6) is 0 Å². The van der Waals surface area contributed by atoms with E-state index in [1.165, 1.54) is 11.3 Å². The molecule has 122 valence electrons. The van der Waals surface area contributed by atoms with Crippen molar-refractivity contribution in [3.05, 3.63) is 81.8 Å². The van der Waals surface area contributed by atoms with E-state index in [2.05, 4.69) is 20.9 Å². The van der Waals surface area contributed by atoms with Crippen LogP contribution in [0.1, 0.15) is 11.1 Å². The number of benzene rings is 2. The van der Waals surface area contributed by atoms with Gasteiger partial charge < -0.3 is 4.74 Å². The van der Waals surface area contributed by atoms with Crippen molar-refractivity contribution in [2.24, 2.45) is 0 Å². The third kappa shape index (κ3) is 4.43. The average Bonchev–Trinajstić information content (AvgIpc) is 3.05. The Kier molecular flexibility index (Phi) is 5.61. The molecule has 6 heteroatoms. The van der Waals surface area contributed by atoms with E-state index in [4.69, 9.17) is 4.74 Å². The molecular formula is C18H15BrN2O2S. The second kappa shape index (κ2) is 8.08. The molecule has 1 aromatic heterocycles. The molecule has 0 saturated heterocycles. The van der Waals surface area contributed by atoms with E-state index >= 15 is 0 Å². The number of anilines is 1. The van der Waals surface area contributed by atoms with E-state index in [-0.39, 0.29) is 6.61 Å². The monoisotopic (exact) mass is 402 g/mol. The van der Waals surface area contributed by atoms with Crippen molar-refractivity contribution in [1.29, 1.82) is 0 Å². The highest BCUT2D eigenvalue weighted by Gasteiger charge is 2.21. The Balaban J connectivity index is 1.74. The summed E-state index contributed by atoms with van der Waals surface area (Å²) in [6, 6.07) is 19.4. The van der Waals surface area contributed by atoms with Crippen LogP contribution >= 0.6 is 27.3 Å². The first-order valence-electron chi connectivity index (χ1n) is 7.35. The smallest absolute Gasteiger partial charge is 0.416 e. The van der Waals surface area contributed by atoms with Gasteiger partial charge in [0.2, 0.25) is 0 Å². The number of carbonyl (C=O) groups is 1. The Labute approximate surface area is 152 Å². The standard InChI is InChI=1S/C18H15BrN2O2S/c19-16-13-24-17(20-16)21(11-14-7-3-1-4-8-14)18(22)23-12-15-9-5-2-6-10-15/h1-10,13H,11-12H2. The zero-order valence-corrected chi connectivity index (χ0v) is 15.2. The highest BCUT2D eigenvalue weighted by Crippen LogP contribution is 2.26. The molecule has 0 aliphatic carbocycles. The van der Waals surface area contributed by atoms with Gasteiger partial charge in [-0.25, -0.2) is 14.7 Å². The number of ether oxygens (including phenoxy) is 1. The fourth-order valence-electron chi connectivity index (χ4n) is 2.14. The minimum absolute atomic E-state index is 0.234. The topological polar surface area (TPSA) is 42.4 Å². The van der Waals surface area contributed by atoms with Crippen LogP contribution in [0, 0.1) is 0 Å². The number of amides is 1. The van der Waals surface area contributed by atoms with Gasteiger partial charge in [0.1, 0.15) is 11.2 Å². The first-order chi connectivity index (χ1) is 11.7. The first-order valence-corrected chi connectivity index (χ1v) is 9.03. The van der Waals surface area contributed by atoms with Gasteiger partial charge >= 0.3 is 6.09 Å². The lowest BCUT2D eigenvalue weighted by molar-refractivity contribution is 0.146. The fraction of sp³-hybridized carbons (Fsp3) is 0.111. The number of hydrogen-bond acceptors (Lipinski definition) is 4. The van der Waals surface area contributed by atoms with Crippen LogP contribution in [-0.4, -0.2) is 11.1 Å². The SMILES string of the molecule is O=C(OCc1ccccc1)N(Cc1ccccc1)c1nc(Br)cs1. The number of rotatable bonds is 5. The van der Waals surface area contributed by atoms with E-state index in [9.17, 15) is 4.79 Å². The zero-order chi connectivity index (χ0) is 16.8. The maximum atomic E-state index is 12.6. The van der Waals surface area contributed by atoms with Crippen LogP contribution in [0.15, 0.2) is 70.6 Å². The summed E-state index contributed by atoms with van der Waals surface area (Å²) in [6.45, 7) is 0.645.